The topological polar surface area (TPSA) is 86.3 Å². The summed E-state index contributed by atoms with van der Waals surface area (Å²) < 4.78 is 0. The largest absolute Gasteiger partial charge is 0.481 e. The standard InChI is InChI=1S/C15H17N3O3/c1-15(14(20)21)4-5-18(9-15)13(19)7-10-2-3-11-8-16-17-12(11)6-10/h2-3,6,8H,4-5,7,9H2,1H3,(H,16,17)(H,20,21). The summed E-state index contributed by atoms with van der Waals surface area (Å²) in [5, 5.41) is 17.0. The minimum atomic E-state index is -0.836. The van der Waals surface area contributed by atoms with Crippen LogP contribution in [0.25, 0.3) is 10.9 Å². The van der Waals surface area contributed by atoms with Gasteiger partial charge in [0.2, 0.25) is 5.91 Å². The predicted molar refractivity (Wildman–Crippen MR) is 76.7 cm³/mol. The van der Waals surface area contributed by atoms with Gasteiger partial charge in [0, 0.05) is 18.5 Å². The van der Waals surface area contributed by atoms with Crippen LogP contribution in [0.15, 0.2) is 24.4 Å². The number of hydrogen-bond acceptors (Lipinski definition) is 3. The van der Waals surface area contributed by atoms with Crippen LogP contribution in [0.5, 0.6) is 0 Å². The number of carbonyl (C=O) groups is 2. The molecule has 1 amide bonds. The van der Waals surface area contributed by atoms with E-state index >= 15 is 0 Å². The molecule has 1 aromatic heterocycles. The van der Waals surface area contributed by atoms with Crippen molar-refractivity contribution in [2.45, 2.75) is 19.8 Å². The number of fused-ring (bicyclic) bond motifs is 1. The van der Waals surface area contributed by atoms with Gasteiger partial charge in [-0.1, -0.05) is 12.1 Å². The number of H-pyrrole nitrogens is 1. The van der Waals surface area contributed by atoms with Crippen LogP contribution in [0.3, 0.4) is 0 Å². The molecule has 2 aromatic rings. The molecule has 0 spiro atoms. The first-order valence-electron chi connectivity index (χ1n) is 6.91. The Morgan fingerprint density at radius 3 is 3.00 bits per heavy atom. The minimum absolute atomic E-state index is 0.0289. The zero-order valence-corrected chi connectivity index (χ0v) is 11.8. The number of carboxylic acid groups (broad SMARTS) is 1. The molecule has 1 saturated heterocycles. The Balaban J connectivity index is 1.70. The van der Waals surface area contributed by atoms with Gasteiger partial charge in [-0.3, -0.25) is 14.7 Å². The number of carbonyl (C=O) groups excluding carboxylic acids is 1. The van der Waals surface area contributed by atoms with Crippen LogP contribution in [-0.4, -0.2) is 45.2 Å². The van der Waals surface area contributed by atoms with Crippen molar-refractivity contribution in [1.82, 2.24) is 15.1 Å². The molecule has 1 aliphatic rings. The molecule has 0 radical (unpaired) electrons. The van der Waals surface area contributed by atoms with Gasteiger partial charge < -0.3 is 10.0 Å². The Morgan fingerprint density at radius 2 is 2.29 bits per heavy atom. The summed E-state index contributed by atoms with van der Waals surface area (Å²) in [4.78, 5) is 25.2. The van der Waals surface area contributed by atoms with Gasteiger partial charge in [0.1, 0.15) is 0 Å². The monoisotopic (exact) mass is 287 g/mol. The molecule has 6 nitrogen and oxygen atoms in total. The molecule has 1 aromatic carbocycles. The average molecular weight is 287 g/mol. The number of aliphatic carboxylic acids is 1. The lowest BCUT2D eigenvalue weighted by molar-refractivity contribution is -0.147. The molecule has 0 aliphatic carbocycles. The van der Waals surface area contributed by atoms with Crippen molar-refractivity contribution < 1.29 is 14.7 Å². The number of likely N-dealkylation sites (tertiary alicyclic amines) is 1. The van der Waals surface area contributed by atoms with Gasteiger partial charge in [0.05, 0.1) is 23.5 Å². The van der Waals surface area contributed by atoms with E-state index in [1.165, 1.54) is 0 Å². The van der Waals surface area contributed by atoms with Gasteiger partial charge in [0.25, 0.3) is 0 Å². The van der Waals surface area contributed by atoms with E-state index in [0.717, 1.165) is 16.5 Å². The number of carboxylic acids is 1. The number of aromatic amines is 1. The Bertz CT molecular complexity index is 709. The van der Waals surface area contributed by atoms with E-state index in [-0.39, 0.29) is 18.9 Å². The second-order valence-corrected chi connectivity index (χ2v) is 5.90. The Morgan fingerprint density at radius 1 is 1.48 bits per heavy atom. The Labute approximate surface area is 121 Å². The van der Waals surface area contributed by atoms with E-state index in [4.69, 9.17) is 0 Å². The first-order chi connectivity index (χ1) is 9.98. The number of benzene rings is 1. The molecule has 21 heavy (non-hydrogen) atoms. The highest BCUT2D eigenvalue weighted by molar-refractivity contribution is 5.84. The molecule has 110 valence electrons. The average Bonchev–Trinajstić information content (AvgIpc) is 3.05. The lowest BCUT2D eigenvalue weighted by atomic mass is 9.90. The van der Waals surface area contributed by atoms with E-state index in [9.17, 15) is 14.7 Å². The quantitative estimate of drug-likeness (QED) is 0.894. The minimum Gasteiger partial charge on any atom is -0.481 e. The van der Waals surface area contributed by atoms with Crippen LogP contribution < -0.4 is 0 Å². The van der Waals surface area contributed by atoms with E-state index in [2.05, 4.69) is 10.2 Å². The highest BCUT2D eigenvalue weighted by atomic mass is 16.4. The third-order valence-corrected chi connectivity index (χ3v) is 4.20. The number of rotatable bonds is 3. The number of nitrogens with zero attached hydrogens (tertiary/aromatic N) is 2. The van der Waals surface area contributed by atoms with Gasteiger partial charge in [-0.05, 0) is 25.0 Å². The van der Waals surface area contributed by atoms with Crippen molar-refractivity contribution in [3.8, 4) is 0 Å². The van der Waals surface area contributed by atoms with E-state index in [1.54, 1.807) is 18.0 Å². The van der Waals surface area contributed by atoms with Crippen molar-refractivity contribution >= 4 is 22.8 Å². The lowest BCUT2D eigenvalue weighted by Crippen LogP contribution is -2.35. The van der Waals surface area contributed by atoms with Crippen LogP contribution in [0.2, 0.25) is 0 Å². The molecule has 1 aliphatic heterocycles. The number of hydrogen-bond donors (Lipinski definition) is 2. The van der Waals surface area contributed by atoms with Gasteiger partial charge in [-0.2, -0.15) is 5.10 Å². The van der Waals surface area contributed by atoms with E-state index in [1.807, 2.05) is 18.2 Å². The van der Waals surface area contributed by atoms with Crippen molar-refractivity contribution in [3.05, 3.63) is 30.0 Å². The van der Waals surface area contributed by atoms with Crippen LogP contribution in [0, 0.1) is 5.41 Å². The smallest absolute Gasteiger partial charge is 0.311 e. The summed E-state index contributed by atoms with van der Waals surface area (Å²) >= 11 is 0. The van der Waals surface area contributed by atoms with Crippen LogP contribution in [0.4, 0.5) is 0 Å². The number of nitrogens with one attached hydrogen (secondary N) is 1. The lowest BCUT2D eigenvalue weighted by Gasteiger charge is -2.20. The van der Waals surface area contributed by atoms with Crippen molar-refractivity contribution in [2.24, 2.45) is 5.41 Å². The van der Waals surface area contributed by atoms with Crippen LogP contribution >= 0.6 is 0 Å². The summed E-state index contributed by atoms with van der Waals surface area (Å²) in [5.74, 6) is -0.865. The van der Waals surface area contributed by atoms with Crippen LogP contribution in [-0.2, 0) is 16.0 Å². The molecular formula is C15H17N3O3. The molecule has 0 bridgehead atoms. The SMILES string of the molecule is CC1(C(=O)O)CCN(C(=O)Cc2ccc3cn[nH]c3c2)C1. The summed E-state index contributed by atoms with van der Waals surface area (Å²) in [6.45, 7) is 2.49. The maximum Gasteiger partial charge on any atom is 0.311 e. The summed E-state index contributed by atoms with van der Waals surface area (Å²) in [5.41, 5.74) is 0.987. The molecule has 1 atom stereocenters. The molecule has 6 heteroatoms. The van der Waals surface area contributed by atoms with Gasteiger partial charge in [-0.25, -0.2) is 0 Å². The highest BCUT2D eigenvalue weighted by Gasteiger charge is 2.41. The zero-order valence-electron chi connectivity index (χ0n) is 11.8. The van der Waals surface area contributed by atoms with E-state index < -0.39 is 11.4 Å². The first-order valence-corrected chi connectivity index (χ1v) is 6.91. The zero-order chi connectivity index (χ0) is 15.0. The first kappa shape index (κ1) is 13.6. The summed E-state index contributed by atoms with van der Waals surface area (Å²) in [6, 6.07) is 5.74. The second-order valence-electron chi connectivity index (χ2n) is 5.90. The fourth-order valence-corrected chi connectivity index (χ4v) is 2.73. The maximum absolute atomic E-state index is 12.3. The fraction of sp³-hybridized carbons (Fsp3) is 0.400. The summed E-state index contributed by atoms with van der Waals surface area (Å²) in [6.07, 6.45) is 2.53. The van der Waals surface area contributed by atoms with Crippen molar-refractivity contribution in [2.75, 3.05) is 13.1 Å². The van der Waals surface area contributed by atoms with Crippen molar-refractivity contribution in [1.29, 1.82) is 0 Å². The predicted octanol–water partition coefficient (Wildman–Crippen LogP) is 1.43. The van der Waals surface area contributed by atoms with Crippen molar-refractivity contribution in [3.63, 3.8) is 0 Å². The maximum atomic E-state index is 12.3. The molecule has 3 rings (SSSR count). The summed E-state index contributed by atoms with van der Waals surface area (Å²) in [7, 11) is 0. The highest BCUT2D eigenvalue weighted by Crippen LogP contribution is 2.30. The molecule has 2 heterocycles. The molecule has 1 fully saturated rings. The number of aromatic nitrogens is 2. The van der Waals surface area contributed by atoms with Crippen LogP contribution in [0.1, 0.15) is 18.9 Å². The third-order valence-electron chi connectivity index (χ3n) is 4.20. The van der Waals surface area contributed by atoms with E-state index in [0.29, 0.717) is 13.0 Å². The third kappa shape index (κ3) is 2.49. The van der Waals surface area contributed by atoms with Gasteiger partial charge >= 0.3 is 5.97 Å². The molecule has 2 N–H and O–H groups in total. The Hall–Kier alpha value is -2.37. The number of amides is 1. The van der Waals surface area contributed by atoms with Gasteiger partial charge in [-0.15, -0.1) is 0 Å². The molecular weight excluding hydrogens is 270 g/mol. The molecule has 0 saturated carbocycles. The fourth-order valence-electron chi connectivity index (χ4n) is 2.73. The molecule has 1 unspecified atom stereocenters. The van der Waals surface area contributed by atoms with Gasteiger partial charge in [0.15, 0.2) is 0 Å². The Kier molecular flexibility index (Phi) is 3.16. The second kappa shape index (κ2) is 4.87. The normalized spacial score (nSPS) is 21.9.